The summed E-state index contributed by atoms with van der Waals surface area (Å²) in [7, 11) is 0. The molecule has 0 aliphatic rings. The summed E-state index contributed by atoms with van der Waals surface area (Å²) in [4.78, 5) is 45.4. The molecule has 22 heavy (non-hydrogen) atoms. The van der Waals surface area contributed by atoms with E-state index in [4.69, 9.17) is 5.11 Å². The van der Waals surface area contributed by atoms with Gasteiger partial charge < -0.3 is 10.4 Å². The molecule has 1 unspecified atom stereocenters. The Hall–Kier alpha value is -1.92. The van der Waals surface area contributed by atoms with Crippen LogP contribution in [0.25, 0.3) is 0 Å². The molecule has 0 aliphatic heterocycles. The number of carboxylic acid groups (broad SMARTS) is 1. The van der Waals surface area contributed by atoms with Gasteiger partial charge in [-0.05, 0) is 12.3 Å². The van der Waals surface area contributed by atoms with Gasteiger partial charge in [-0.3, -0.25) is 24.1 Å². The van der Waals surface area contributed by atoms with Crippen LogP contribution in [0, 0.1) is 5.92 Å². The van der Waals surface area contributed by atoms with E-state index >= 15 is 0 Å². The molecule has 2 N–H and O–H groups in total. The van der Waals surface area contributed by atoms with Crippen molar-refractivity contribution in [3.8, 4) is 0 Å². The number of unbranched alkanes of at least 4 members (excludes halogenated alkanes) is 1. The van der Waals surface area contributed by atoms with Crippen molar-refractivity contribution < 1.29 is 24.3 Å². The molecule has 126 valence electrons. The number of hydrogen-bond acceptors (Lipinski definition) is 4. The van der Waals surface area contributed by atoms with Crippen LogP contribution in [-0.4, -0.2) is 47.3 Å². The summed E-state index contributed by atoms with van der Waals surface area (Å²) >= 11 is 0. The van der Waals surface area contributed by atoms with Crippen molar-refractivity contribution >= 4 is 24.2 Å². The van der Waals surface area contributed by atoms with Gasteiger partial charge in [0.2, 0.25) is 18.2 Å². The molecule has 7 heteroatoms. The molecule has 0 aromatic carbocycles. The maximum absolute atomic E-state index is 11.9. The SMILES string of the molecule is CCCCC(CC)CCC(=O)N(C=O)CC(=O)NCC(=O)O. The van der Waals surface area contributed by atoms with E-state index in [2.05, 4.69) is 19.2 Å². The smallest absolute Gasteiger partial charge is 0.322 e. The zero-order valence-electron chi connectivity index (χ0n) is 13.3. The lowest BCUT2D eigenvalue weighted by atomic mass is 9.94. The van der Waals surface area contributed by atoms with Crippen LogP contribution in [0.1, 0.15) is 52.4 Å². The Morgan fingerprint density at radius 1 is 1.23 bits per heavy atom. The first-order valence-corrected chi connectivity index (χ1v) is 7.67. The van der Waals surface area contributed by atoms with Crippen LogP contribution < -0.4 is 5.32 Å². The molecule has 0 heterocycles. The number of carbonyl (C=O) groups is 4. The highest BCUT2D eigenvalue weighted by Gasteiger charge is 2.18. The molecule has 0 aliphatic carbocycles. The minimum Gasteiger partial charge on any atom is -0.480 e. The van der Waals surface area contributed by atoms with Crippen LogP contribution in [0.4, 0.5) is 0 Å². The zero-order chi connectivity index (χ0) is 17.0. The summed E-state index contributed by atoms with van der Waals surface area (Å²) < 4.78 is 0. The summed E-state index contributed by atoms with van der Waals surface area (Å²) in [5, 5.41) is 10.6. The van der Waals surface area contributed by atoms with Crippen LogP contribution in [-0.2, 0) is 19.2 Å². The van der Waals surface area contributed by atoms with Crippen LogP contribution in [0.3, 0.4) is 0 Å². The lowest BCUT2D eigenvalue weighted by Crippen LogP contribution is -2.41. The molecule has 0 aromatic rings. The molecule has 0 fully saturated rings. The standard InChI is InChI=1S/C15H26N2O5/c1-3-5-6-12(4-2)7-8-14(20)17(11-18)10-13(19)16-9-15(21)22/h11-12H,3-10H2,1-2H3,(H,16,19)(H,21,22). The highest BCUT2D eigenvalue weighted by Crippen LogP contribution is 2.18. The molecule has 0 saturated heterocycles. The molecular weight excluding hydrogens is 288 g/mol. The zero-order valence-corrected chi connectivity index (χ0v) is 13.3. The second-order valence-corrected chi connectivity index (χ2v) is 5.25. The van der Waals surface area contributed by atoms with Gasteiger partial charge in [-0.15, -0.1) is 0 Å². The van der Waals surface area contributed by atoms with Gasteiger partial charge in [-0.25, -0.2) is 0 Å². The van der Waals surface area contributed by atoms with E-state index in [0.717, 1.165) is 30.6 Å². The van der Waals surface area contributed by atoms with E-state index in [1.54, 1.807) is 0 Å². The molecule has 0 aromatic heterocycles. The van der Waals surface area contributed by atoms with Gasteiger partial charge in [0, 0.05) is 6.42 Å². The summed E-state index contributed by atoms with van der Waals surface area (Å²) in [6.45, 7) is 3.21. The number of amides is 3. The average molecular weight is 314 g/mol. The fraction of sp³-hybridized carbons (Fsp3) is 0.733. The number of imide groups is 1. The highest BCUT2D eigenvalue weighted by atomic mass is 16.4. The molecule has 7 nitrogen and oxygen atoms in total. The Kier molecular flexibility index (Phi) is 10.7. The summed E-state index contributed by atoms with van der Waals surface area (Å²) in [5.41, 5.74) is 0. The number of aliphatic carboxylic acids is 1. The Morgan fingerprint density at radius 2 is 1.91 bits per heavy atom. The average Bonchev–Trinajstić information content (AvgIpc) is 2.50. The van der Waals surface area contributed by atoms with Gasteiger partial charge in [0.05, 0.1) is 0 Å². The number of carboxylic acids is 1. The van der Waals surface area contributed by atoms with E-state index in [1.165, 1.54) is 0 Å². The fourth-order valence-corrected chi connectivity index (χ4v) is 2.09. The van der Waals surface area contributed by atoms with Crippen molar-refractivity contribution in [3.05, 3.63) is 0 Å². The molecule has 1 atom stereocenters. The molecule has 0 saturated carbocycles. The Morgan fingerprint density at radius 3 is 2.41 bits per heavy atom. The molecule has 3 amide bonds. The largest absolute Gasteiger partial charge is 0.480 e. The second kappa shape index (κ2) is 11.7. The maximum Gasteiger partial charge on any atom is 0.322 e. The normalized spacial score (nSPS) is 11.5. The predicted molar refractivity (Wildman–Crippen MR) is 81.0 cm³/mol. The Balaban J connectivity index is 4.25. The van der Waals surface area contributed by atoms with Gasteiger partial charge in [-0.1, -0.05) is 39.5 Å². The minimum absolute atomic E-state index is 0.215. The number of nitrogens with one attached hydrogen (secondary N) is 1. The van der Waals surface area contributed by atoms with Crippen molar-refractivity contribution in [1.82, 2.24) is 10.2 Å². The van der Waals surface area contributed by atoms with Gasteiger partial charge >= 0.3 is 5.97 Å². The topological polar surface area (TPSA) is 104 Å². The molecule has 0 rings (SSSR count). The minimum atomic E-state index is -1.18. The quantitative estimate of drug-likeness (QED) is 0.526. The Bertz CT molecular complexity index is 384. The number of hydrogen-bond donors (Lipinski definition) is 2. The molecule has 0 spiro atoms. The van der Waals surface area contributed by atoms with Crippen LogP contribution in [0.5, 0.6) is 0 Å². The number of carbonyl (C=O) groups excluding carboxylic acids is 3. The first-order valence-electron chi connectivity index (χ1n) is 7.67. The Labute approximate surface area is 131 Å². The predicted octanol–water partition coefficient (Wildman–Crippen LogP) is 1.17. The van der Waals surface area contributed by atoms with Crippen molar-refractivity contribution in [1.29, 1.82) is 0 Å². The van der Waals surface area contributed by atoms with E-state index in [9.17, 15) is 19.2 Å². The summed E-state index contributed by atoms with van der Waals surface area (Å²) in [6, 6.07) is 0. The molecule has 0 bridgehead atoms. The van der Waals surface area contributed by atoms with Crippen molar-refractivity contribution in [2.75, 3.05) is 13.1 Å². The lowest BCUT2D eigenvalue weighted by molar-refractivity contribution is -0.142. The van der Waals surface area contributed by atoms with Crippen molar-refractivity contribution in [3.63, 3.8) is 0 Å². The van der Waals surface area contributed by atoms with Crippen LogP contribution in [0.15, 0.2) is 0 Å². The maximum atomic E-state index is 11.9. The monoisotopic (exact) mass is 314 g/mol. The third-order valence-electron chi connectivity index (χ3n) is 3.51. The number of rotatable bonds is 12. The highest BCUT2D eigenvalue weighted by molar-refractivity contribution is 5.92. The van der Waals surface area contributed by atoms with Crippen LogP contribution >= 0.6 is 0 Å². The van der Waals surface area contributed by atoms with Gasteiger partial charge in [-0.2, -0.15) is 0 Å². The molecular formula is C15H26N2O5. The number of nitrogens with zero attached hydrogens (tertiary/aromatic N) is 1. The third kappa shape index (κ3) is 9.10. The van der Waals surface area contributed by atoms with Gasteiger partial charge in [0.25, 0.3) is 0 Å². The first kappa shape index (κ1) is 20.1. The van der Waals surface area contributed by atoms with Gasteiger partial charge in [0.15, 0.2) is 0 Å². The molecule has 0 radical (unpaired) electrons. The first-order chi connectivity index (χ1) is 10.4. The van der Waals surface area contributed by atoms with Crippen LogP contribution in [0.2, 0.25) is 0 Å². The van der Waals surface area contributed by atoms with Crippen molar-refractivity contribution in [2.24, 2.45) is 5.92 Å². The van der Waals surface area contributed by atoms with Crippen molar-refractivity contribution in [2.45, 2.75) is 52.4 Å². The second-order valence-electron chi connectivity index (χ2n) is 5.25. The van der Waals surface area contributed by atoms with Gasteiger partial charge in [0.1, 0.15) is 13.1 Å². The van der Waals surface area contributed by atoms with E-state index in [-0.39, 0.29) is 6.42 Å². The van der Waals surface area contributed by atoms with E-state index < -0.39 is 30.9 Å². The van der Waals surface area contributed by atoms with E-state index in [1.807, 2.05) is 0 Å². The summed E-state index contributed by atoms with van der Waals surface area (Å²) in [6.07, 6.45) is 5.48. The van der Waals surface area contributed by atoms with E-state index in [0.29, 0.717) is 18.7 Å². The fourth-order valence-electron chi connectivity index (χ4n) is 2.09. The summed E-state index contributed by atoms with van der Waals surface area (Å²) in [5.74, 6) is -1.81. The third-order valence-corrected chi connectivity index (χ3v) is 3.51. The lowest BCUT2D eigenvalue weighted by Gasteiger charge is -2.18.